The van der Waals surface area contributed by atoms with E-state index in [1.165, 1.54) is 0 Å². The summed E-state index contributed by atoms with van der Waals surface area (Å²) in [5.74, 6) is 5.20. The molecule has 1 heterocycles. The molecule has 0 aliphatic carbocycles. The van der Waals surface area contributed by atoms with Crippen LogP contribution in [0.25, 0.3) is 21.8 Å². The van der Waals surface area contributed by atoms with E-state index in [2.05, 4.69) is 11.8 Å². The van der Waals surface area contributed by atoms with Crippen molar-refractivity contribution in [3.8, 4) is 24.7 Å². The molecule has 0 N–H and O–H groups in total. The van der Waals surface area contributed by atoms with Crippen LogP contribution in [0.15, 0.2) is 36.4 Å². The van der Waals surface area contributed by atoms with Gasteiger partial charge in [-0.1, -0.05) is 11.8 Å². The van der Waals surface area contributed by atoms with Crippen molar-refractivity contribution in [2.24, 2.45) is 0 Å². The van der Waals surface area contributed by atoms with E-state index in [1.54, 1.807) is 11.5 Å². The quantitative estimate of drug-likeness (QED) is 0.566. The Morgan fingerprint density at radius 2 is 1.40 bits per heavy atom. The Kier molecular flexibility index (Phi) is 2.60. The Morgan fingerprint density at radius 1 is 0.950 bits per heavy atom. The lowest BCUT2D eigenvalue weighted by molar-refractivity contribution is 0.0946. The van der Waals surface area contributed by atoms with Gasteiger partial charge in [0, 0.05) is 28.8 Å². The van der Waals surface area contributed by atoms with Gasteiger partial charge in [0.25, 0.3) is 0 Å². The molecule has 0 saturated carbocycles. The summed E-state index contributed by atoms with van der Waals surface area (Å²) in [6, 6.07) is 11.3. The minimum absolute atomic E-state index is 0.0353. The molecule has 2 nitrogen and oxygen atoms in total. The maximum Gasteiger partial charge on any atom is 0.228 e. The molecule has 2 aromatic carbocycles. The molecule has 3 rings (SSSR count). The Labute approximate surface area is 117 Å². The lowest BCUT2D eigenvalue weighted by Crippen LogP contribution is -2.04. The van der Waals surface area contributed by atoms with Crippen molar-refractivity contribution in [1.29, 1.82) is 0 Å². The molecule has 0 fully saturated rings. The third kappa shape index (κ3) is 1.60. The van der Waals surface area contributed by atoms with Crippen LogP contribution < -0.4 is 0 Å². The zero-order chi connectivity index (χ0) is 14.3. The van der Waals surface area contributed by atoms with Crippen LogP contribution in [-0.4, -0.2) is 10.5 Å². The number of fused-ring (bicyclic) bond motifs is 3. The van der Waals surface area contributed by atoms with Crippen LogP contribution in [0.3, 0.4) is 0 Å². The zero-order valence-electron chi connectivity index (χ0n) is 11.0. The van der Waals surface area contributed by atoms with Crippen molar-refractivity contribution in [2.75, 3.05) is 0 Å². The lowest BCUT2D eigenvalue weighted by Gasteiger charge is -2.01. The molecule has 0 unspecified atom stereocenters. The van der Waals surface area contributed by atoms with Crippen LogP contribution in [0, 0.1) is 24.7 Å². The van der Waals surface area contributed by atoms with Crippen molar-refractivity contribution >= 4 is 27.7 Å². The highest BCUT2D eigenvalue weighted by molar-refractivity contribution is 6.13. The standard InChI is InChI=1S/C18H11NO/c1-4-13-6-8-17-15(10-13)16-11-14(5-2)7-9-18(16)19(17)12(3)20/h1-2,6-11H,3H3. The summed E-state index contributed by atoms with van der Waals surface area (Å²) in [6.45, 7) is 1.54. The van der Waals surface area contributed by atoms with Crippen LogP contribution in [0.2, 0.25) is 0 Å². The number of carbonyl (C=O) groups excluding carboxylic acids is 1. The van der Waals surface area contributed by atoms with Crippen molar-refractivity contribution in [3.63, 3.8) is 0 Å². The zero-order valence-corrected chi connectivity index (χ0v) is 11.0. The van der Waals surface area contributed by atoms with E-state index in [1.807, 2.05) is 36.4 Å². The molecule has 0 amide bonds. The van der Waals surface area contributed by atoms with Gasteiger partial charge in [0.15, 0.2) is 0 Å². The molecule has 0 bridgehead atoms. The molecule has 0 saturated heterocycles. The van der Waals surface area contributed by atoms with Gasteiger partial charge in [-0.2, -0.15) is 0 Å². The molecule has 0 atom stereocenters. The number of rotatable bonds is 0. The van der Waals surface area contributed by atoms with E-state index in [-0.39, 0.29) is 5.91 Å². The minimum atomic E-state index is -0.0353. The monoisotopic (exact) mass is 257 g/mol. The molecule has 94 valence electrons. The molecule has 3 aromatic rings. The first-order chi connectivity index (χ1) is 9.65. The number of benzene rings is 2. The normalized spacial score (nSPS) is 10.3. The number of nitrogens with zero attached hydrogens (tertiary/aromatic N) is 1. The summed E-state index contributed by atoms with van der Waals surface area (Å²) < 4.78 is 1.69. The maximum atomic E-state index is 11.9. The highest BCUT2D eigenvalue weighted by Crippen LogP contribution is 2.30. The van der Waals surface area contributed by atoms with Gasteiger partial charge in [-0.05, 0) is 36.4 Å². The van der Waals surface area contributed by atoms with Gasteiger partial charge in [0.05, 0.1) is 11.0 Å². The van der Waals surface area contributed by atoms with Crippen LogP contribution in [0.4, 0.5) is 0 Å². The van der Waals surface area contributed by atoms with Crippen LogP contribution in [0.1, 0.15) is 22.8 Å². The van der Waals surface area contributed by atoms with Crippen molar-refractivity contribution in [2.45, 2.75) is 6.92 Å². The van der Waals surface area contributed by atoms with Gasteiger partial charge < -0.3 is 0 Å². The number of carbonyl (C=O) groups is 1. The van der Waals surface area contributed by atoms with Crippen molar-refractivity contribution < 1.29 is 4.79 Å². The molecular formula is C18H11NO. The largest absolute Gasteiger partial charge is 0.280 e. The van der Waals surface area contributed by atoms with Gasteiger partial charge in [-0.15, -0.1) is 12.8 Å². The van der Waals surface area contributed by atoms with Crippen LogP contribution in [0.5, 0.6) is 0 Å². The lowest BCUT2D eigenvalue weighted by atomic mass is 10.1. The SMILES string of the molecule is C#Cc1ccc2c(c1)c1cc(C#C)ccc1n2C(C)=O. The summed E-state index contributed by atoms with van der Waals surface area (Å²) in [5, 5.41) is 1.89. The first-order valence-electron chi connectivity index (χ1n) is 6.18. The number of hydrogen-bond acceptors (Lipinski definition) is 1. The number of hydrogen-bond donors (Lipinski definition) is 0. The summed E-state index contributed by atoms with van der Waals surface area (Å²) in [7, 11) is 0. The van der Waals surface area contributed by atoms with Crippen LogP contribution >= 0.6 is 0 Å². The molecule has 0 radical (unpaired) electrons. The second kappa shape index (κ2) is 4.30. The fraction of sp³-hybridized carbons (Fsp3) is 0.0556. The van der Waals surface area contributed by atoms with Gasteiger partial charge in [-0.25, -0.2) is 0 Å². The van der Waals surface area contributed by atoms with E-state index in [0.717, 1.165) is 32.9 Å². The second-order valence-electron chi connectivity index (χ2n) is 4.61. The van der Waals surface area contributed by atoms with Gasteiger partial charge in [0.1, 0.15) is 0 Å². The third-order valence-electron chi connectivity index (χ3n) is 3.41. The van der Waals surface area contributed by atoms with E-state index >= 15 is 0 Å². The smallest absolute Gasteiger partial charge is 0.228 e. The van der Waals surface area contributed by atoms with Crippen molar-refractivity contribution in [1.82, 2.24) is 4.57 Å². The first kappa shape index (κ1) is 12.1. The van der Waals surface area contributed by atoms with Gasteiger partial charge in [-0.3, -0.25) is 9.36 Å². The van der Waals surface area contributed by atoms with Crippen LogP contribution in [-0.2, 0) is 0 Å². The topological polar surface area (TPSA) is 22.0 Å². The fourth-order valence-corrected chi connectivity index (χ4v) is 2.54. The third-order valence-corrected chi connectivity index (χ3v) is 3.41. The molecule has 2 heteroatoms. The second-order valence-corrected chi connectivity index (χ2v) is 4.61. The Bertz CT molecular complexity index is 874. The van der Waals surface area contributed by atoms with Crippen molar-refractivity contribution in [3.05, 3.63) is 47.5 Å². The average Bonchev–Trinajstić information content (AvgIpc) is 2.79. The average molecular weight is 257 g/mol. The molecule has 1 aromatic heterocycles. The highest BCUT2D eigenvalue weighted by atomic mass is 16.1. The highest BCUT2D eigenvalue weighted by Gasteiger charge is 2.13. The van der Waals surface area contributed by atoms with E-state index in [4.69, 9.17) is 12.8 Å². The molecule has 20 heavy (non-hydrogen) atoms. The maximum absolute atomic E-state index is 11.9. The Balaban J connectivity index is 2.57. The molecule has 0 spiro atoms. The Hall–Kier alpha value is -2.97. The summed E-state index contributed by atoms with van der Waals surface area (Å²) in [6.07, 6.45) is 10.9. The molecule has 0 aliphatic heterocycles. The Morgan fingerprint density at radius 3 is 1.75 bits per heavy atom. The van der Waals surface area contributed by atoms with E-state index in [0.29, 0.717) is 0 Å². The summed E-state index contributed by atoms with van der Waals surface area (Å²) >= 11 is 0. The summed E-state index contributed by atoms with van der Waals surface area (Å²) in [5.41, 5.74) is 3.26. The molecular weight excluding hydrogens is 246 g/mol. The summed E-state index contributed by atoms with van der Waals surface area (Å²) in [4.78, 5) is 11.9. The minimum Gasteiger partial charge on any atom is -0.280 e. The fourth-order valence-electron chi connectivity index (χ4n) is 2.54. The first-order valence-corrected chi connectivity index (χ1v) is 6.18. The predicted octanol–water partition coefficient (Wildman–Crippen LogP) is 3.42. The number of terminal acetylenes is 2. The predicted molar refractivity (Wildman–Crippen MR) is 81.6 cm³/mol. The van der Waals surface area contributed by atoms with E-state index in [9.17, 15) is 4.79 Å². The molecule has 0 aliphatic rings. The number of aromatic nitrogens is 1. The van der Waals surface area contributed by atoms with Gasteiger partial charge in [0.2, 0.25) is 5.91 Å². The van der Waals surface area contributed by atoms with Gasteiger partial charge >= 0.3 is 0 Å². The van der Waals surface area contributed by atoms with E-state index < -0.39 is 0 Å².